The van der Waals surface area contributed by atoms with Crippen molar-refractivity contribution in [2.24, 2.45) is 0 Å². The molecule has 0 atom stereocenters. The lowest BCUT2D eigenvalue weighted by molar-refractivity contribution is -0.145. The smallest absolute Gasteiger partial charge is 0.376 e. The Morgan fingerprint density at radius 2 is 1.83 bits per heavy atom. The number of carbonyl (C=O) groups is 1. The molecule has 0 spiro atoms. The number of esters is 1. The van der Waals surface area contributed by atoms with Crippen LogP contribution in [0.25, 0.3) is 0 Å². The van der Waals surface area contributed by atoms with Crippen molar-refractivity contribution in [3.8, 4) is 5.75 Å². The fraction of sp³-hybridized carbons (Fsp3) is 0.357. The number of benzene rings is 1. The second-order valence-electron chi connectivity index (χ2n) is 4.33. The molecule has 0 amide bonds. The molecule has 0 heterocycles. The van der Waals surface area contributed by atoms with Gasteiger partial charge in [0.15, 0.2) is 0 Å². The van der Waals surface area contributed by atoms with E-state index < -0.39 is 5.97 Å². The third-order valence-corrected chi connectivity index (χ3v) is 1.89. The molecule has 0 unspecified atom stereocenters. The van der Waals surface area contributed by atoms with Crippen LogP contribution < -0.4 is 4.74 Å². The molecule has 1 rings (SSSR count). The predicted molar refractivity (Wildman–Crippen MR) is 70.1 cm³/mol. The highest BCUT2D eigenvalue weighted by atomic mass is 16.6. The summed E-state index contributed by atoms with van der Waals surface area (Å²) in [5.41, 5.74) is 0. The van der Waals surface area contributed by atoms with Gasteiger partial charge >= 0.3 is 5.97 Å². The van der Waals surface area contributed by atoms with Crippen LogP contribution >= 0.6 is 0 Å². The van der Waals surface area contributed by atoms with Gasteiger partial charge in [-0.05, 0) is 26.0 Å². The maximum Gasteiger partial charge on any atom is 0.376 e. The summed E-state index contributed by atoms with van der Waals surface area (Å²) < 4.78 is 10.7. The molecule has 0 fully saturated rings. The normalized spacial score (nSPS) is 11.3. The molecule has 0 aliphatic heterocycles. The van der Waals surface area contributed by atoms with E-state index in [1.54, 1.807) is 37.1 Å². The summed E-state index contributed by atoms with van der Waals surface area (Å²) in [4.78, 5) is 13.6. The van der Waals surface area contributed by atoms with Gasteiger partial charge in [0.1, 0.15) is 5.75 Å². The number of carbonyl (C=O) groups excluding carboxylic acids is 1. The van der Waals surface area contributed by atoms with Crippen LogP contribution in [0.3, 0.4) is 0 Å². The third-order valence-electron chi connectivity index (χ3n) is 1.89. The Balaban J connectivity index is 2.83. The molecule has 1 aromatic carbocycles. The van der Waals surface area contributed by atoms with E-state index in [4.69, 9.17) is 9.47 Å². The molecular formula is C14H19NO3. The summed E-state index contributed by atoms with van der Waals surface area (Å²) in [6.07, 6.45) is 1.42. The van der Waals surface area contributed by atoms with E-state index in [1.165, 1.54) is 0 Å². The molecule has 18 heavy (non-hydrogen) atoms. The van der Waals surface area contributed by atoms with Crippen molar-refractivity contribution in [1.29, 1.82) is 0 Å². The van der Waals surface area contributed by atoms with Crippen LogP contribution in [-0.2, 0) is 9.53 Å². The highest BCUT2D eigenvalue weighted by Gasteiger charge is 2.15. The molecule has 98 valence electrons. The largest absolute Gasteiger partial charge is 0.457 e. The van der Waals surface area contributed by atoms with E-state index >= 15 is 0 Å². The molecule has 4 heteroatoms. The van der Waals surface area contributed by atoms with Crippen molar-refractivity contribution in [3.05, 3.63) is 42.3 Å². The third kappa shape index (κ3) is 4.91. The summed E-state index contributed by atoms with van der Waals surface area (Å²) >= 11 is 0. The van der Waals surface area contributed by atoms with E-state index in [2.05, 4.69) is 0 Å². The first-order valence-corrected chi connectivity index (χ1v) is 5.81. The van der Waals surface area contributed by atoms with Crippen LogP contribution in [0.15, 0.2) is 42.3 Å². The Bertz CT molecular complexity index is 410. The summed E-state index contributed by atoms with van der Waals surface area (Å²) in [6.45, 7) is 3.60. The minimum Gasteiger partial charge on any atom is -0.457 e. The van der Waals surface area contributed by atoms with Crippen molar-refractivity contribution in [2.45, 2.75) is 20.0 Å². The van der Waals surface area contributed by atoms with Gasteiger partial charge in [-0.1, -0.05) is 18.2 Å². The molecule has 1 aromatic rings. The Morgan fingerprint density at radius 1 is 1.22 bits per heavy atom. The van der Waals surface area contributed by atoms with Gasteiger partial charge in [-0.15, -0.1) is 0 Å². The topological polar surface area (TPSA) is 38.8 Å². The number of para-hydroxylation sites is 1. The molecule has 0 saturated heterocycles. The first-order valence-electron chi connectivity index (χ1n) is 5.81. The zero-order chi connectivity index (χ0) is 13.5. The molecule has 0 N–H and O–H groups in total. The van der Waals surface area contributed by atoms with E-state index in [0.717, 1.165) is 0 Å². The van der Waals surface area contributed by atoms with Crippen LogP contribution in [0.5, 0.6) is 5.75 Å². The van der Waals surface area contributed by atoms with Gasteiger partial charge in [0.2, 0.25) is 5.76 Å². The second kappa shape index (κ2) is 6.69. The standard InChI is InChI=1S/C14H19NO3/c1-11(2)17-14(16)13(10-15(3)4)18-12-8-6-5-7-9-12/h5-11H,1-4H3/b13-10-. The van der Waals surface area contributed by atoms with E-state index in [0.29, 0.717) is 5.75 Å². The first kappa shape index (κ1) is 14.1. The van der Waals surface area contributed by atoms with Crippen molar-refractivity contribution < 1.29 is 14.3 Å². The average Bonchev–Trinajstić information content (AvgIpc) is 2.28. The SMILES string of the molecule is CC(C)OC(=O)/C(=C/N(C)C)Oc1ccccc1. The molecule has 0 radical (unpaired) electrons. The van der Waals surface area contributed by atoms with E-state index in [-0.39, 0.29) is 11.9 Å². The molecule has 0 saturated carbocycles. The number of nitrogens with zero attached hydrogens (tertiary/aromatic N) is 1. The Kier molecular flexibility index (Phi) is 5.24. The second-order valence-corrected chi connectivity index (χ2v) is 4.33. The minimum atomic E-state index is -0.470. The van der Waals surface area contributed by atoms with Crippen LogP contribution in [0.4, 0.5) is 0 Å². The number of ether oxygens (including phenoxy) is 2. The maximum absolute atomic E-state index is 11.9. The molecule has 0 aromatic heterocycles. The quantitative estimate of drug-likeness (QED) is 0.456. The molecule has 0 bridgehead atoms. The van der Waals surface area contributed by atoms with E-state index in [9.17, 15) is 4.79 Å². The molecule has 4 nitrogen and oxygen atoms in total. The highest BCUT2D eigenvalue weighted by Crippen LogP contribution is 2.14. The zero-order valence-corrected chi connectivity index (χ0v) is 11.2. The van der Waals surface area contributed by atoms with Crippen LogP contribution in [-0.4, -0.2) is 31.1 Å². The van der Waals surface area contributed by atoms with Gasteiger partial charge in [0.05, 0.1) is 6.10 Å². The Morgan fingerprint density at radius 3 is 2.33 bits per heavy atom. The van der Waals surface area contributed by atoms with Crippen LogP contribution in [0, 0.1) is 0 Å². The zero-order valence-electron chi connectivity index (χ0n) is 11.2. The van der Waals surface area contributed by atoms with Crippen LogP contribution in [0.2, 0.25) is 0 Å². The first-order chi connectivity index (χ1) is 8.49. The monoisotopic (exact) mass is 249 g/mol. The Labute approximate surface area is 108 Å². The fourth-order valence-corrected chi connectivity index (χ4v) is 1.24. The van der Waals surface area contributed by atoms with Crippen molar-refractivity contribution in [3.63, 3.8) is 0 Å². The van der Waals surface area contributed by atoms with Gasteiger partial charge < -0.3 is 14.4 Å². The van der Waals surface area contributed by atoms with Crippen molar-refractivity contribution in [1.82, 2.24) is 4.90 Å². The lowest BCUT2D eigenvalue weighted by Gasteiger charge is -2.14. The summed E-state index contributed by atoms with van der Waals surface area (Å²) in [5.74, 6) is 0.300. The van der Waals surface area contributed by atoms with Gasteiger partial charge in [0, 0.05) is 20.3 Å². The highest BCUT2D eigenvalue weighted by molar-refractivity contribution is 5.86. The number of hydrogen-bond donors (Lipinski definition) is 0. The summed E-state index contributed by atoms with van der Waals surface area (Å²) in [7, 11) is 3.63. The Hall–Kier alpha value is -1.97. The number of hydrogen-bond acceptors (Lipinski definition) is 4. The fourth-order valence-electron chi connectivity index (χ4n) is 1.24. The van der Waals surface area contributed by atoms with Gasteiger partial charge in [0.25, 0.3) is 0 Å². The number of rotatable bonds is 5. The summed E-state index contributed by atoms with van der Waals surface area (Å²) in [6, 6.07) is 9.14. The summed E-state index contributed by atoms with van der Waals surface area (Å²) in [5, 5.41) is 0. The van der Waals surface area contributed by atoms with Gasteiger partial charge in [-0.3, -0.25) is 0 Å². The van der Waals surface area contributed by atoms with Crippen molar-refractivity contribution in [2.75, 3.05) is 14.1 Å². The maximum atomic E-state index is 11.9. The predicted octanol–water partition coefficient (Wildman–Crippen LogP) is 2.42. The lowest BCUT2D eigenvalue weighted by Crippen LogP contribution is -2.19. The average molecular weight is 249 g/mol. The molecular weight excluding hydrogens is 230 g/mol. The van der Waals surface area contributed by atoms with Crippen molar-refractivity contribution >= 4 is 5.97 Å². The van der Waals surface area contributed by atoms with Crippen LogP contribution in [0.1, 0.15) is 13.8 Å². The van der Waals surface area contributed by atoms with Gasteiger partial charge in [-0.25, -0.2) is 4.79 Å². The minimum absolute atomic E-state index is 0.167. The molecule has 0 aliphatic carbocycles. The van der Waals surface area contributed by atoms with E-state index in [1.807, 2.05) is 32.3 Å². The lowest BCUT2D eigenvalue weighted by atomic mass is 10.3. The molecule has 0 aliphatic rings. The van der Waals surface area contributed by atoms with Gasteiger partial charge in [-0.2, -0.15) is 0 Å².